The van der Waals surface area contributed by atoms with Gasteiger partial charge in [0.15, 0.2) is 0 Å². The van der Waals surface area contributed by atoms with Crippen LogP contribution in [0.3, 0.4) is 0 Å². The molecular formula is C18H38O3P. The summed E-state index contributed by atoms with van der Waals surface area (Å²) in [5.74, 6) is 0. The first-order valence-corrected chi connectivity index (χ1v) is 11.1. The molecule has 0 aromatic carbocycles. The van der Waals surface area contributed by atoms with Crippen LogP contribution in [-0.4, -0.2) is 19.4 Å². The minimum Gasteiger partial charge on any atom is -0.309 e. The van der Waals surface area contributed by atoms with Crippen LogP contribution in [0.2, 0.25) is 0 Å². The SMILES string of the molecule is [CH2]CP(=O)(OCCCCCCCC)OCCCCCCCC. The first-order valence-electron chi connectivity index (χ1n) is 9.36. The van der Waals surface area contributed by atoms with E-state index < -0.39 is 7.60 Å². The molecule has 1 radical (unpaired) electrons. The zero-order valence-corrected chi connectivity index (χ0v) is 15.9. The summed E-state index contributed by atoms with van der Waals surface area (Å²) in [4.78, 5) is 0. The summed E-state index contributed by atoms with van der Waals surface area (Å²) in [6.45, 7) is 9.23. The normalized spacial score (nSPS) is 12.0. The van der Waals surface area contributed by atoms with Crippen LogP contribution >= 0.6 is 7.60 Å². The average molecular weight is 333 g/mol. The molecule has 133 valence electrons. The molecule has 0 amide bonds. The standard InChI is InChI=1S/C18H38O3P/c1-4-7-9-11-13-15-17-20-22(19,6-3)21-18-16-14-12-10-8-5-2/h3-18H2,1-2H3. The van der Waals surface area contributed by atoms with E-state index in [-0.39, 0.29) is 6.16 Å². The Hall–Kier alpha value is 0.150. The predicted molar refractivity (Wildman–Crippen MR) is 96.5 cm³/mol. The van der Waals surface area contributed by atoms with Gasteiger partial charge in [0.2, 0.25) is 0 Å². The minimum absolute atomic E-state index is 0.235. The Balaban J connectivity index is 3.57. The third-order valence-electron chi connectivity index (χ3n) is 3.85. The first kappa shape index (κ1) is 22.1. The second-order valence-corrected chi connectivity index (χ2v) is 8.22. The number of rotatable bonds is 17. The van der Waals surface area contributed by atoms with Crippen molar-refractivity contribution in [3.63, 3.8) is 0 Å². The number of hydrogen-bond acceptors (Lipinski definition) is 3. The van der Waals surface area contributed by atoms with Crippen LogP contribution in [-0.2, 0) is 13.6 Å². The third kappa shape index (κ3) is 13.8. The van der Waals surface area contributed by atoms with E-state index >= 15 is 0 Å². The van der Waals surface area contributed by atoms with Gasteiger partial charge in [0.1, 0.15) is 0 Å². The van der Waals surface area contributed by atoms with E-state index in [0.29, 0.717) is 13.2 Å². The molecule has 0 fully saturated rings. The molecule has 0 aliphatic rings. The van der Waals surface area contributed by atoms with Crippen molar-refractivity contribution >= 4 is 7.60 Å². The zero-order chi connectivity index (χ0) is 16.5. The topological polar surface area (TPSA) is 35.5 Å². The lowest BCUT2D eigenvalue weighted by molar-refractivity contribution is 0.199. The lowest BCUT2D eigenvalue weighted by Crippen LogP contribution is -2.01. The third-order valence-corrected chi connectivity index (χ3v) is 5.55. The van der Waals surface area contributed by atoms with Crippen LogP contribution in [0.15, 0.2) is 0 Å². The maximum Gasteiger partial charge on any atom is 0.330 e. The molecule has 0 aliphatic heterocycles. The van der Waals surface area contributed by atoms with E-state index in [1.807, 2.05) is 0 Å². The summed E-state index contributed by atoms with van der Waals surface area (Å²) in [5, 5.41) is 0. The first-order chi connectivity index (χ1) is 10.7. The molecule has 0 saturated heterocycles. The molecule has 3 nitrogen and oxygen atoms in total. The largest absolute Gasteiger partial charge is 0.330 e. The number of hydrogen-bond donors (Lipinski definition) is 0. The van der Waals surface area contributed by atoms with Crippen LogP contribution in [0.4, 0.5) is 0 Å². The molecule has 0 heterocycles. The fourth-order valence-corrected chi connectivity index (χ4v) is 3.49. The molecule has 0 N–H and O–H groups in total. The fourth-order valence-electron chi connectivity index (χ4n) is 2.34. The van der Waals surface area contributed by atoms with Crippen molar-refractivity contribution in [2.75, 3.05) is 19.4 Å². The Kier molecular flexibility index (Phi) is 16.1. The lowest BCUT2D eigenvalue weighted by atomic mass is 10.1. The van der Waals surface area contributed by atoms with E-state index in [1.54, 1.807) is 0 Å². The fraction of sp³-hybridized carbons (Fsp3) is 0.944. The maximum absolute atomic E-state index is 12.3. The highest BCUT2D eigenvalue weighted by Gasteiger charge is 2.21. The highest BCUT2D eigenvalue weighted by atomic mass is 31.2. The Bertz CT molecular complexity index is 247. The molecule has 0 unspecified atom stereocenters. The lowest BCUT2D eigenvalue weighted by Gasteiger charge is -2.17. The summed E-state index contributed by atoms with van der Waals surface area (Å²) in [5.41, 5.74) is 0. The van der Waals surface area contributed by atoms with Crippen molar-refractivity contribution in [1.29, 1.82) is 0 Å². The Morgan fingerprint density at radius 1 is 0.682 bits per heavy atom. The van der Waals surface area contributed by atoms with E-state index in [2.05, 4.69) is 20.8 Å². The molecule has 0 bridgehead atoms. The van der Waals surface area contributed by atoms with Gasteiger partial charge in [-0.1, -0.05) is 78.1 Å². The minimum atomic E-state index is -2.93. The van der Waals surface area contributed by atoms with Crippen molar-refractivity contribution in [3.8, 4) is 0 Å². The summed E-state index contributed by atoms with van der Waals surface area (Å²) in [7, 11) is -2.93. The summed E-state index contributed by atoms with van der Waals surface area (Å²) >= 11 is 0. The van der Waals surface area contributed by atoms with Crippen molar-refractivity contribution in [2.24, 2.45) is 0 Å². The second kappa shape index (κ2) is 16.0. The molecule has 0 aliphatic carbocycles. The van der Waals surface area contributed by atoms with Crippen molar-refractivity contribution < 1.29 is 13.6 Å². The molecule has 4 heteroatoms. The van der Waals surface area contributed by atoms with Gasteiger partial charge in [-0.15, -0.1) is 0 Å². The Labute approximate surface area is 139 Å². The average Bonchev–Trinajstić information content (AvgIpc) is 2.53. The van der Waals surface area contributed by atoms with E-state index in [4.69, 9.17) is 9.05 Å². The molecule has 0 spiro atoms. The Morgan fingerprint density at radius 3 is 1.41 bits per heavy atom. The van der Waals surface area contributed by atoms with Gasteiger partial charge in [0.05, 0.1) is 19.4 Å². The quantitative estimate of drug-likeness (QED) is 0.218. The van der Waals surface area contributed by atoms with E-state index in [9.17, 15) is 4.57 Å². The van der Waals surface area contributed by atoms with Crippen LogP contribution < -0.4 is 0 Å². The van der Waals surface area contributed by atoms with Crippen molar-refractivity contribution in [1.82, 2.24) is 0 Å². The molecule has 0 saturated carbocycles. The van der Waals surface area contributed by atoms with Gasteiger partial charge >= 0.3 is 7.60 Å². The monoisotopic (exact) mass is 333 g/mol. The summed E-state index contributed by atoms with van der Waals surface area (Å²) < 4.78 is 23.3. The summed E-state index contributed by atoms with van der Waals surface area (Å²) in [6.07, 6.45) is 14.7. The predicted octanol–water partition coefficient (Wildman–Crippen LogP) is 6.77. The van der Waals surface area contributed by atoms with Crippen molar-refractivity contribution in [3.05, 3.63) is 6.92 Å². The van der Waals surface area contributed by atoms with Crippen molar-refractivity contribution in [2.45, 2.75) is 90.9 Å². The smallest absolute Gasteiger partial charge is 0.309 e. The maximum atomic E-state index is 12.3. The zero-order valence-electron chi connectivity index (χ0n) is 15.0. The molecular weight excluding hydrogens is 295 g/mol. The molecule has 0 rings (SSSR count). The van der Waals surface area contributed by atoms with E-state index in [0.717, 1.165) is 25.7 Å². The molecule has 22 heavy (non-hydrogen) atoms. The number of unbranched alkanes of at least 4 members (excludes halogenated alkanes) is 10. The Morgan fingerprint density at radius 2 is 1.05 bits per heavy atom. The molecule has 0 aromatic heterocycles. The van der Waals surface area contributed by atoms with Gasteiger partial charge in [-0.05, 0) is 19.8 Å². The van der Waals surface area contributed by atoms with Gasteiger partial charge < -0.3 is 9.05 Å². The second-order valence-electron chi connectivity index (χ2n) is 6.04. The van der Waals surface area contributed by atoms with Gasteiger partial charge in [0.25, 0.3) is 0 Å². The van der Waals surface area contributed by atoms with Crippen LogP contribution in [0.1, 0.15) is 90.9 Å². The van der Waals surface area contributed by atoms with Crippen LogP contribution in [0, 0.1) is 6.92 Å². The van der Waals surface area contributed by atoms with Crippen LogP contribution in [0.25, 0.3) is 0 Å². The van der Waals surface area contributed by atoms with Gasteiger partial charge in [-0.2, -0.15) is 0 Å². The molecule has 0 aromatic rings. The highest BCUT2D eigenvalue weighted by molar-refractivity contribution is 7.53. The summed E-state index contributed by atoms with van der Waals surface area (Å²) in [6, 6.07) is 0. The highest BCUT2D eigenvalue weighted by Crippen LogP contribution is 2.47. The van der Waals surface area contributed by atoms with Crippen LogP contribution in [0.5, 0.6) is 0 Å². The molecule has 0 atom stereocenters. The van der Waals surface area contributed by atoms with Gasteiger partial charge in [-0.25, -0.2) is 0 Å². The van der Waals surface area contributed by atoms with Gasteiger partial charge in [-0.3, -0.25) is 4.57 Å². The van der Waals surface area contributed by atoms with E-state index in [1.165, 1.54) is 51.4 Å². The van der Waals surface area contributed by atoms with Gasteiger partial charge in [0, 0.05) is 0 Å².